The highest BCUT2D eigenvalue weighted by Crippen LogP contribution is 2.32. The number of carbonyl (C=O) groups excluding carboxylic acids is 1. The van der Waals surface area contributed by atoms with Gasteiger partial charge in [-0.05, 0) is 38.0 Å². The van der Waals surface area contributed by atoms with E-state index in [0.717, 1.165) is 25.9 Å². The third-order valence-electron chi connectivity index (χ3n) is 4.63. The molecule has 1 saturated heterocycles. The van der Waals surface area contributed by atoms with Gasteiger partial charge in [-0.2, -0.15) is 0 Å². The van der Waals surface area contributed by atoms with Crippen LogP contribution in [0.1, 0.15) is 28.8 Å². The van der Waals surface area contributed by atoms with Crippen molar-refractivity contribution in [2.45, 2.75) is 19.8 Å². The average molecular weight is 370 g/mol. The lowest BCUT2D eigenvalue weighted by Gasteiger charge is -2.18. The second-order valence-corrected chi connectivity index (χ2v) is 6.32. The Morgan fingerprint density at radius 1 is 1.04 bits per heavy atom. The third-order valence-corrected chi connectivity index (χ3v) is 4.63. The zero-order valence-electron chi connectivity index (χ0n) is 14.7. The molecule has 1 fully saturated rings. The number of hydrogen-bond acceptors (Lipinski definition) is 6. The Hall–Kier alpha value is -3.49. The van der Waals surface area contributed by atoms with Crippen molar-refractivity contribution in [2.24, 2.45) is 0 Å². The van der Waals surface area contributed by atoms with Gasteiger partial charge in [0.1, 0.15) is 5.69 Å². The van der Waals surface area contributed by atoms with Crippen molar-refractivity contribution < 1.29 is 14.6 Å². The molecular weight excluding hydrogens is 352 g/mol. The first-order valence-electron chi connectivity index (χ1n) is 8.47. The Morgan fingerprint density at radius 3 is 2.33 bits per heavy atom. The van der Waals surface area contributed by atoms with Crippen LogP contribution in [-0.2, 0) is 0 Å². The minimum absolute atomic E-state index is 0.108. The number of amides is 1. The summed E-state index contributed by atoms with van der Waals surface area (Å²) in [5, 5.41) is 25.1. The van der Waals surface area contributed by atoms with Crippen LogP contribution in [0.4, 0.5) is 22.7 Å². The minimum atomic E-state index is -0.560. The zero-order chi connectivity index (χ0) is 19.6. The Kier molecular flexibility index (Phi) is 5.02. The second-order valence-electron chi connectivity index (χ2n) is 6.32. The molecule has 9 nitrogen and oxygen atoms in total. The molecule has 0 aromatic heterocycles. The van der Waals surface area contributed by atoms with Crippen molar-refractivity contribution in [3.05, 3.63) is 67.8 Å². The van der Waals surface area contributed by atoms with Gasteiger partial charge in [0, 0.05) is 30.8 Å². The van der Waals surface area contributed by atoms with E-state index in [1.807, 2.05) is 4.90 Å². The smallest absolute Gasteiger partial charge is 0.293 e. The van der Waals surface area contributed by atoms with Gasteiger partial charge in [0.25, 0.3) is 17.3 Å². The van der Waals surface area contributed by atoms with Gasteiger partial charge >= 0.3 is 0 Å². The van der Waals surface area contributed by atoms with Crippen molar-refractivity contribution in [1.29, 1.82) is 0 Å². The van der Waals surface area contributed by atoms with Gasteiger partial charge in [0.15, 0.2) is 0 Å². The molecule has 27 heavy (non-hydrogen) atoms. The van der Waals surface area contributed by atoms with E-state index in [4.69, 9.17) is 0 Å². The van der Waals surface area contributed by atoms with E-state index in [2.05, 4.69) is 5.32 Å². The summed E-state index contributed by atoms with van der Waals surface area (Å²) >= 11 is 0. The fourth-order valence-corrected chi connectivity index (χ4v) is 3.19. The summed E-state index contributed by atoms with van der Waals surface area (Å²) in [5.41, 5.74) is 0.999. The van der Waals surface area contributed by atoms with Crippen LogP contribution in [0.3, 0.4) is 0 Å². The van der Waals surface area contributed by atoms with Gasteiger partial charge in [-0.1, -0.05) is 6.07 Å². The number of anilines is 2. The van der Waals surface area contributed by atoms with Gasteiger partial charge in [-0.15, -0.1) is 0 Å². The lowest BCUT2D eigenvalue weighted by Crippen LogP contribution is -2.20. The molecule has 2 aromatic carbocycles. The fourth-order valence-electron chi connectivity index (χ4n) is 3.19. The predicted octanol–water partition coefficient (Wildman–Crippen LogP) is 3.66. The molecule has 0 unspecified atom stereocenters. The highest BCUT2D eigenvalue weighted by molar-refractivity contribution is 6.05. The van der Waals surface area contributed by atoms with E-state index in [9.17, 15) is 25.0 Å². The molecule has 140 valence electrons. The summed E-state index contributed by atoms with van der Waals surface area (Å²) < 4.78 is 0. The molecule has 2 aromatic rings. The quantitative estimate of drug-likeness (QED) is 0.634. The van der Waals surface area contributed by atoms with E-state index >= 15 is 0 Å². The van der Waals surface area contributed by atoms with E-state index < -0.39 is 15.8 Å². The molecule has 9 heteroatoms. The van der Waals surface area contributed by atoms with E-state index in [1.165, 1.54) is 31.2 Å². The summed E-state index contributed by atoms with van der Waals surface area (Å²) in [5.74, 6) is -0.560. The first-order valence-corrected chi connectivity index (χ1v) is 8.47. The number of nitrogens with zero attached hydrogens (tertiary/aromatic N) is 3. The molecule has 0 saturated carbocycles. The first kappa shape index (κ1) is 18.3. The topological polar surface area (TPSA) is 119 Å². The Balaban J connectivity index is 1.89. The lowest BCUT2D eigenvalue weighted by atomic mass is 10.1. The Bertz CT molecular complexity index is 922. The lowest BCUT2D eigenvalue weighted by molar-refractivity contribution is -0.385. The second kappa shape index (κ2) is 7.40. The van der Waals surface area contributed by atoms with Crippen molar-refractivity contribution in [1.82, 2.24) is 0 Å². The molecule has 1 N–H and O–H groups in total. The largest absolute Gasteiger partial charge is 0.366 e. The van der Waals surface area contributed by atoms with Crippen LogP contribution in [-0.4, -0.2) is 28.8 Å². The van der Waals surface area contributed by atoms with Gasteiger partial charge in [0.2, 0.25) is 0 Å². The SMILES string of the molecule is Cc1c(NC(=O)c2ccc(N3CCCC3)c([N+](=O)[O-])c2)cccc1[N+](=O)[O-]. The summed E-state index contributed by atoms with van der Waals surface area (Å²) in [7, 11) is 0. The number of benzene rings is 2. The fraction of sp³-hybridized carbons (Fsp3) is 0.278. The summed E-state index contributed by atoms with van der Waals surface area (Å²) in [4.78, 5) is 35.9. The number of rotatable bonds is 5. The summed E-state index contributed by atoms with van der Waals surface area (Å²) in [6.07, 6.45) is 1.96. The Labute approximate surface area is 154 Å². The predicted molar refractivity (Wildman–Crippen MR) is 100 cm³/mol. The van der Waals surface area contributed by atoms with Crippen LogP contribution in [0.2, 0.25) is 0 Å². The molecule has 1 heterocycles. The van der Waals surface area contributed by atoms with E-state index in [-0.39, 0.29) is 16.9 Å². The Morgan fingerprint density at radius 2 is 1.70 bits per heavy atom. The average Bonchev–Trinajstić information content (AvgIpc) is 3.17. The third kappa shape index (κ3) is 3.71. The van der Waals surface area contributed by atoms with Crippen molar-refractivity contribution in [2.75, 3.05) is 23.3 Å². The van der Waals surface area contributed by atoms with Crippen LogP contribution in [0.25, 0.3) is 0 Å². The maximum Gasteiger partial charge on any atom is 0.293 e. The molecule has 1 aliphatic rings. The summed E-state index contributed by atoms with van der Waals surface area (Å²) in [6.45, 7) is 3.03. The molecular formula is C18H18N4O5. The summed E-state index contributed by atoms with van der Waals surface area (Å²) in [6, 6.07) is 8.73. The molecule has 1 amide bonds. The minimum Gasteiger partial charge on any atom is -0.366 e. The van der Waals surface area contributed by atoms with Crippen LogP contribution in [0.15, 0.2) is 36.4 Å². The van der Waals surface area contributed by atoms with Crippen molar-refractivity contribution in [3.63, 3.8) is 0 Å². The number of nitro benzene ring substituents is 2. The van der Waals surface area contributed by atoms with Crippen LogP contribution in [0, 0.1) is 27.2 Å². The molecule has 0 bridgehead atoms. The number of nitrogens with one attached hydrogen (secondary N) is 1. The molecule has 0 spiro atoms. The monoisotopic (exact) mass is 370 g/mol. The van der Waals surface area contributed by atoms with Gasteiger partial charge < -0.3 is 10.2 Å². The van der Waals surface area contributed by atoms with Gasteiger partial charge in [0.05, 0.1) is 21.1 Å². The number of carbonyl (C=O) groups is 1. The molecule has 3 rings (SSSR count). The molecule has 0 atom stereocenters. The highest BCUT2D eigenvalue weighted by atomic mass is 16.6. The first-order chi connectivity index (χ1) is 12.9. The molecule has 0 aliphatic carbocycles. The molecule has 1 aliphatic heterocycles. The van der Waals surface area contributed by atoms with Crippen LogP contribution < -0.4 is 10.2 Å². The van der Waals surface area contributed by atoms with E-state index in [1.54, 1.807) is 12.1 Å². The number of hydrogen-bond donors (Lipinski definition) is 1. The van der Waals surface area contributed by atoms with E-state index in [0.29, 0.717) is 16.9 Å². The maximum atomic E-state index is 12.5. The number of nitro groups is 2. The zero-order valence-corrected chi connectivity index (χ0v) is 14.7. The van der Waals surface area contributed by atoms with Gasteiger partial charge in [-0.3, -0.25) is 25.0 Å². The standard InChI is InChI=1S/C18H18N4O5/c1-12-14(5-4-6-15(12)21(24)25)19-18(23)13-7-8-16(17(11-13)22(26)27)20-9-2-3-10-20/h4-8,11H,2-3,9-10H2,1H3,(H,19,23). The van der Waals surface area contributed by atoms with Crippen molar-refractivity contribution in [3.8, 4) is 0 Å². The van der Waals surface area contributed by atoms with Gasteiger partial charge in [-0.25, -0.2) is 0 Å². The normalized spacial score (nSPS) is 13.4. The van der Waals surface area contributed by atoms with Crippen LogP contribution >= 0.6 is 0 Å². The maximum absolute atomic E-state index is 12.5. The van der Waals surface area contributed by atoms with Crippen LogP contribution in [0.5, 0.6) is 0 Å². The molecule has 0 radical (unpaired) electrons. The highest BCUT2D eigenvalue weighted by Gasteiger charge is 2.24. The van der Waals surface area contributed by atoms with Crippen molar-refractivity contribution >= 4 is 28.7 Å².